The lowest BCUT2D eigenvalue weighted by molar-refractivity contribution is 0.794. The summed E-state index contributed by atoms with van der Waals surface area (Å²) in [7, 11) is 0. The van der Waals surface area contributed by atoms with Gasteiger partial charge in [-0.25, -0.2) is 0 Å². The van der Waals surface area contributed by atoms with Crippen LogP contribution in [0.5, 0.6) is 0 Å². The summed E-state index contributed by atoms with van der Waals surface area (Å²) in [5, 5.41) is 2.61. The first kappa shape index (κ1) is 39.6. The maximum atomic E-state index is 2.51. The van der Waals surface area contributed by atoms with Gasteiger partial charge in [0.1, 0.15) is 0 Å². The van der Waals surface area contributed by atoms with Gasteiger partial charge >= 0.3 is 0 Å². The van der Waals surface area contributed by atoms with Crippen molar-refractivity contribution in [2.24, 2.45) is 0 Å². The lowest BCUT2D eigenvalue weighted by Gasteiger charge is -2.32. The van der Waals surface area contributed by atoms with Gasteiger partial charge in [-0.2, -0.15) is 0 Å². The van der Waals surface area contributed by atoms with Gasteiger partial charge in [-0.1, -0.05) is 224 Å². The lowest BCUT2D eigenvalue weighted by Crippen LogP contribution is -2.25. The molecule has 2 heteroatoms. The number of nitrogens with zero attached hydrogens (tertiary/aromatic N) is 1. The van der Waals surface area contributed by atoms with E-state index in [1.807, 2.05) is 11.3 Å². The highest BCUT2D eigenvalue weighted by Crippen LogP contribution is 2.63. The van der Waals surface area contributed by atoms with E-state index in [2.05, 4.69) is 266 Å². The molecule has 2 aliphatic rings. The first-order chi connectivity index (χ1) is 34.3. The molecule has 1 nitrogen and oxygen atoms in total. The normalized spacial score (nSPS) is 12.8. The van der Waals surface area contributed by atoms with Gasteiger partial charge < -0.3 is 4.90 Å². The van der Waals surface area contributed by atoms with Gasteiger partial charge in [-0.3, -0.25) is 0 Å². The molecule has 0 unspecified atom stereocenters. The molecule has 0 bridgehead atoms. The molecule has 11 aromatic carbocycles. The number of thiophene rings is 1. The van der Waals surface area contributed by atoms with E-state index in [-0.39, 0.29) is 0 Å². The van der Waals surface area contributed by atoms with Crippen molar-refractivity contribution in [1.29, 1.82) is 0 Å². The zero-order valence-electron chi connectivity index (χ0n) is 37.7. The molecular weight excluding hydrogens is 851 g/mol. The van der Waals surface area contributed by atoms with Crippen molar-refractivity contribution in [3.8, 4) is 66.8 Å². The number of hydrogen-bond acceptors (Lipinski definition) is 2. The number of rotatable bonds is 7. The Labute approximate surface area is 406 Å². The molecule has 12 aromatic rings. The highest BCUT2D eigenvalue weighted by Gasteiger charge is 2.51. The average molecular weight is 894 g/mol. The highest BCUT2D eigenvalue weighted by atomic mass is 32.1. The standard InChI is InChI=1S/C67H43NS/c1-2-20-44(21-3-1)48-24-4-5-25-50(48)51-26-6-7-27-52(51)56-31-11-16-38-64(56)68(46-23-18-22-45(42-46)49-33-19-34-58-57-32-12-17-39-65(57)69-66(49)58)47-40-41-63-59(43-47)55-30-10-15-37-62(55)67(63)60-35-13-8-28-53(60)54-29-9-14-36-61(54)67/h1-43H. The van der Waals surface area contributed by atoms with Gasteiger partial charge in [0.25, 0.3) is 0 Å². The van der Waals surface area contributed by atoms with E-state index in [4.69, 9.17) is 0 Å². The van der Waals surface area contributed by atoms with Crippen LogP contribution in [0.15, 0.2) is 261 Å². The Morgan fingerprint density at radius 1 is 0.275 bits per heavy atom. The van der Waals surface area contributed by atoms with Crippen LogP contribution >= 0.6 is 11.3 Å². The molecule has 1 spiro atoms. The van der Waals surface area contributed by atoms with E-state index < -0.39 is 5.41 Å². The first-order valence-electron chi connectivity index (χ1n) is 23.8. The first-order valence-corrected chi connectivity index (χ1v) is 24.7. The van der Waals surface area contributed by atoms with E-state index in [9.17, 15) is 0 Å². The number of fused-ring (bicyclic) bond motifs is 13. The molecule has 0 radical (unpaired) electrons. The fraction of sp³-hybridized carbons (Fsp3) is 0.0149. The molecule has 0 N–H and O–H groups in total. The van der Waals surface area contributed by atoms with Gasteiger partial charge in [0, 0.05) is 37.1 Å². The van der Waals surface area contributed by atoms with Gasteiger partial charge in [0.2, 0.25) is 0 Å². The summed E-state index contributed by atoms with van der Waals surface area (Å²) < 4.78 is 2.62. The van der Waals surface area contributed by atoms with Crippen LogP contribution in [0.4, 0.5) is 17.1 Å². The summed E-state index contributed by atoms with van der Waals surface area (Å²) in [4.78, 5) is 2.51. The third-order valence-corrected chi connectivity index (χ3v) is 15.9. The van der Waals surface area contributed by atoms with E-state index in [1.54, 1.807) is 0 Å². The van der Waals surface area contributed by atoms with Crippen LogP contribution in [-0.4, -0.2) is 0 Å². The van der Waals surface area contributed by atoms with Crippen LogP contribution in [0.25, 0.3) is 86.9 Å². The van der Waals surface area contributed by atoms with E-state index >= 15 is 0 Å². The predicted octanol–water partition coefficient (Wildman–Crippen LogP) is 18.5. The topological polar surface area (TPSA) is 3.24 Å². The summed E-state index contributed by atoms with van der Waals surface area (Å²) in [5.41, 5.74) is 23.0. The Morgan fingerprint density at radius 2 is 0.739 bits per heavy atom. The zero-order chi connectivity index (χ0) is 45.5. The molecule has 0 saturated carbocycles. The van der Waals surface area contributed by atoms with Crippen molar-refractivity contribution in [2.45, 2.75) is 5.41 Å². The van der Waals surface area contributed by atoms with Crippen molar-refractivity contribution in [1.82, 2.24) is 0 Å². The predicted molar refractivity (Wildman–Crippen MR) is 292 cm³/mol. The Morgan fingerprint density at radius 3 is 1.45 bits per heavy atom. The molecule has 69 heavy (non-hydrogen) atoms. The van der Waals surface area contributed by atoms with Crippen LogP contribution in [0.2, 0.25) is 0 Å². The maximum absolute atomic E-state index is 2.51. The summed E-state index contributed by atoms with van der Waals surface area (Å²) in [6.45, 7) is 0. The Bertz CT molecular complexity index is 3940. The van der Waals surface area contributed by atoms with E-state index in [0.29, 0.717) is 0 Å². The Balaban J connectivity index is 1.01. The minimum atomic E-state index is -0.422. The third kappa shape index (κ3) is 5.96. The lowest BCUT2D eigenvalue weighted by atomic mass is 9.70. The second kappa shape index (κ2) is 15.8. The minimum Gasteiger partial charge on any atom is -0.310 e. The quantitative estimate of drug-likeness (QED) is 0.154. The fourth-order valence-corrected chi connectivity index (χ4v) is 13.1. The average Bonchev–Trinajstić information content (AvgIpc) is 4.06. The van der Waals surface area contributed by atoms with Crippen molar-refractivity contribution in [3.63, 3.8) is 0 Å². The molecular formula is C67H43NS. The van der Waals surface area contributed by atoms with Crippen LogP contribution in [0, 0.1) is 0 Å². The monoisotopic (exact) mass is 893 g/mol. The summed E-state index contributed by atoms with van der Waals surface area (Å²) in [6, 6.07) is 96.8. The van der Waals surface area contributed by atoms with E-state index in [0.717, 1.165) is 22.6 Å². The van der Waals surface area contributed by atoms with Crippen LogP contribution < -0.4 is 4.90 Å². The van der Waals surface area contributed by atoms with Crippen LogP contribution in [0.1, 0.15) is 22.3 Å². The SMILES string of the molecule is c1ccc(-c2ccccc2-c2ccccc2-c2ccccc2N(c2cccc(-c3cccc4c3sc3ccccc34)c2)c2ccc3c(c2)-c2ccccc2C32c3ccccc3-c3ccccc32)cc1. The molecule has 0 aliphatic heterocycles. The van der Waals surface area contributed by atoms with Crippen LogP contribution in [0.3, 0.4) is 0 Å². The van der Waals surface area contributed by atoms with Gasteiger partial charge in [0.05, 0.1) is 11.1 Å². The molecule has 2 aliphatic carbocycles. The second-order valence-electron chi connectivity index (χ2n) is 18.3. The van der Waals surface area contributed by atoms with Gasteiger partial charge in [0.15, 0.2) is 0 Å². The summed E-state index contributed by atoms with van der Waals surface area (Å²) >= 11 is 1.88. The Kier molecular flexibility index (Phi) is 9.05. The zero-order valence-corrected chi connectivity index (χ0v) is 38.5. The van der Waals surface area contributed by atoms with Crippen LogP contribution in [-0.2, 0) is 5.41 Å². The third-order valence-electron chi connectivity index (χ3n) is 14.7. The van der Waals surface area contributed by atoms with Gasteiger partial charge in [-0.15, -0.1) is 11.3 Å². The van der Waals surface area contributed by atoms with Crippen molar-refractivity contribution < 1.29 is 0 Å². The molecule has 1 heterocycles. The van der Waals surface area contributed by atoms with Crippen molar-refractivity contribution >= 4 is 48.6 Å². The smallest absolute Gasteiger partial charge is 0.0725 e. The summed E-state index contributed by atoms with van der Waals surface area (Å²) in [5.74, 6) is 0. The highest BCUT2D eigenvalue weighted by molar-refractivity contribution is 7.26. The van der Waals surface area contributed by atoms with Crippen molar-refractivity contribution in [3.05, 3.63) is 283 Å². The maximum Gasteiger partial charge on any atom is 0.0725 e. The number of anilines is 3. The summed E-state index contributed by atoms with van der Waals surface area (Å²) in [6.07, 6.45) is 0. The van der Waals surface area contributed by atoms with Crippen molar-refractivity contribution in [2.75, 3.05) is 4.90 Å². The number of hydrogen-bond donors (Lipinski definition) is 0. The Hall–Kier alpha value is -8.56. The molecule has 0 atom stereocenters. The molecule has 322 valence electrons. The minimum absolute atomic E-state index is 0.422. The van der Waals surface area contributed by atoms with E-state index in [1.165, 1.54) is 104 Å². The molecule has 1 aromatic heterocycles. The molecule has 0 saturated heterocycles. The number of benzene rings is 11. The fourth-order valence-electron chi connectivity index (χ4n) is 11.9. The molecule has 14 rings (SSSR count). The molecule has 0 amide bonds. The number of para-hydroxylation sites is 1. The molecule has 0 fully saturated rings. The second-order valence-corrected chi connectivity index (χ2v) is 19.3. The largest absolute Gasteiger partial charge is 0.310 e. The van der Waals surface area contributed by atoms with Gasteiger partial charge in [-0.05, 0) is 120 Å².